The smallest absolute Gasteiger partial charge is 0.0815 e. The van der Waals surface area contributed by atoms with Gasteiger partial charge in [-0.05, 0) is 6.42 Å². The van der Waals surface area contributed by atoms with Crippen molar-refractivity contribution in [2.75, 3.05) is 27.7 Å². The lowest BCUT2D eigenvalue weighted by Gasteiger charge is -2.22. The summed E-state index contributed by atoms with van der Waals surface area (Å²) in [6.45, 7) is 3.47. The van der Waals surface area contributed by atoms with Gasteiger partial charge < -0.3 is 4.48 Å². The Balaban J connectivity index is 3.25. The van der Waals surface area contributed by atoms with Gasteiger partial charge in [-0.3, -0.25) is 0 Å². The zero-order chi connectivity index (χ0) is 9.45. The van der Waals surface area contributed by atoms with Crippen LogP contribution >= 0.6 is 0 Å². The number of allylic oxidation sites excluding steroid dienone is 1. The second-order valence-electron chi connectivity index (χ2n) is 4.42. The molecule has 0 saturated carbocycles. The molecule has 72 valence electrons. The summed E-state index contributed by atoms with van der Waals surface area (Å²) in [7, 11) is 6.71. The van der Waals surface area contributed by atoms with Gasteiger partial charge in [0.25, 0.3) is 0 Å². The van der Waals surface area contributed by atoms with Crippen LogP contribution in [0.4, 0.5) is 0 Å². The Bertz CT molecular complexity index is 119. The van der Waals surface area contributed by atoms with E-state index in [0.717, 1.165) is 4.48 Å². The minimum absolute atomic E-state index is 1.07. The first-order chi connectivity index (χ1) is 5.56. The molecule has 0 aliphatic carbocycles. The molecule has 0 spiro atoms. The molecule has 12 heavy (non-hydrogen) atoms. The molecule has 0 amide bonds. The maximum absolute atomic E-state index is 2.32. The third-order valence-electron chi connectivity index (χ3n) is 1.86. The van der Waals surface area contributed by atoms with Crippen LogP contribution in [0, 0.1) is 0 Å². The van der Waals surface area contributed by atoms with Gasteiger partial charge in [0, 0.05) is 6.42 Å². The van der Waals surface area contributed by atoms with Crippen LogP contribution < -0.4 is 0 Å². The summed E-state index contributed by atoms with van der Waals surface area (Å²) in [5.41, 5.74) is 0. The highest BCUT2D eigenvalue weighted by molar-refractivity contribution is 4.80. The Hall–Kier alpha value is -0.300. The highest BCUT2D eigenvalue weighted by Gasteiger charge is 2.02. The predicted molar refractivity (Wildman–Crippen MR) is 56.2 cm³/mol. The first kappa shape index (κ1) is 11.7. The molecule has 0 aromatic rings. The monoisotopic (exact) mass is 170 g/mol. The number of nitrogens with zero attached hydrogens (tertiary/aromatic N) is 1. The zero-order valence-electron chi connectivity index (χ0n) is 9.14. The fourth-order valence-electron chi connectivity index (χ4n) is 1.02. The van der Waals surface area contributed by atoms with Gasteiger partial charge >= 0.3 is 0 Å². The van der Waals surface area contributed by atoms with E-state index in [4.69, 9.17) is 0 Å². The minimum atomic E-state index is 1.07. The van der Waals surface area contributed by atoms with Crippen LogP contribution in [-0.4, -0.2) is 32.2 Å². The van der Waals surface area contributed by atoms with E-state index in [9.17, 15) is 0 Å². The Morgan fingerprint density at radius 2 is 1.58 bits per heavy atom. The molecule has 0 atom stereocenters. The summed E-state index contributed by atoms with van der Waals surface area (Å²) in [6, 6.07) is 0. The molecule has 0 radical (unpaired) electrons. The average molecular weight is 170 g/mol. The third kappa shape index (κ3) is 9.70. The van der Waals surface area contributed by atoms with Gasteiger partial charge in [-0.2, -0.15) is 0 Å². The van der Waals surface area contributed by atoms with Crippen molar-refractivity contribution in [2.45, 2.75) is 32.6 Å². The lowest BCUT2D eigenvalue weighted by molar-refractivity contribution is -0.869. The first-order valence-electron chi connectivity index (χ1n) is 5.01. The van der Waals surface area contributed by atoms with E-state index in [0.29, 0.717) is 0 Å². The van der Waals surface area contributed by atoms with E-state index >= 15 is 0 Å². The van der Waals surface area contributed by atoms with Gasteiger partial charge in [0.05, 0.1) is 27.7 Å². The fraction of sp³-hybridized carbons (Fsp3) is 0.818. The van der Waals surface area contributed by atoms with Crippen molar-refractivity contribution in [3.05, 3.63) is 12.2 Å². The van der Waals surface area contributed by atoms with E-state index in [1.165, 1.54) is 32.2 Å². The third-order valence-corrected chi connectivity index (χ3v) is 1.86. The van der Waals surface area contributed by atoms with Gasteiger partial charge in [-0.15, -0.1) is 0 Å². The van der Waals surface area contributed by atoms with Crippen LogP contribution in [0.15, 0.2) is 12.2 Å². The van der Waals surface area contributed by atoms with Gasteiger partial charge in [0.15, 0.2) is 0 Å². The molecule has 0 unspecified atom stereocenters. The average Bonchev–Trinajstić information content (AvgIpc) is 1.94. The molecule has 0 fully saturated rings. The van der Waals surface area contributed by atoms with Crippen LogP contribution in [0.5, 0.6) is 0 Å². The number of rotatable bonds is 6. The summed E-state index contributed by atoms with van der Waals surface area (Å²) in [5, 5.41) is 0. The normalized spacial score (nSPS) is 12.7. The van der Waals surface area contributed by atoms with Gasteiger partial charge in [-0.1, -0.05) is 31.9 Å². The van der Waals surface area contributed by atoms with Crippen molar-refractivity contribution in [1.29, 1.82) is 0 Å². The largest absolute Gasteiger partial charge is 0.331 e. The summed E-state index contributed by atoms with van der Waals surface area (Å²) in [5.74, 6) is 0. The molecule has 1 nitrogen and oxygen atoms in total. The topological polar surface area (TPSA) is 0 Å². The Kier molecular flexibility index (Phi) is 6.09. The molecule has 0 saturated heterocycles. The molecular weight excluding hydrogens is 146 g/mol. The molecule has 0 aliphatic heterocycles. The molecule has 0 aromatic carbocycles. The zero-order valence-corrected chi connectivity index (χ0v) is 9.14. The number of unbranched alkanes of at least 4 members (excludes halogenated alkanes) is 2. The quantitative estimate of drug-likeness (QED) is 0.327. The van der Waals surface area contributed by atoms with Gasteiger partial charge in [0.2, 0.25) is 0 Å². The van der Waals surface area contributed by atoms with E-state index < -0.39 is 0 Å². The molecule has 0 rings (SSSR count). The van der Waals surface area contributed by atoms with Crippen LogP contribution in [0.3, 0.4) is 0 Å². The van der Waals surface area contributed by atoms with E-state index in [1.807, 2.05) is 0 Å². The van der Waals surface area contributed by atoms with Crippen molar-refractivity contribution in [1.82, 2.24) is 0 Å². The second kappa shape index (κ2) is 6.24. The van der Waals surface area contributed by atoms with Crippen molar-refractivity contribution < 1.29 is 4.48 Å². The molecule has 1 heteroatoms. The second-order valence-corrected chi connectivity index (χ2v) is 4.42. The lowest BCUT2D eigenvalue weighted by atomic mass is 10.2. The summed E-state index contributed by atoms with van der Waals surface area (Å²) < 4.78 is 1.07. The number of hydrogen-bond acceptors (Lipinski definition) is 0. The Morgan fingerprint density at radius 3 is 2.08 bits per heavy atom. The van der Waals surface area contributed by atoms with Crippen LogP contribution in [0.25, 0.3) is 0 Å². The van der Waals surface area contributed by atoms with E-state index in [2.05, 4.69) is 40.2 Å². The SMILES string of the molecule is CCCC/C=C/CC[N+](C)(C)C. The van der Waals surface area contributed by atoms with Crippen molar-refractivity contribution >= 4 is 0 Å². The van der Waals surface area contributed by atoms with Crippen molar-refractivity contribution in [3.8, 4) is 0 Å². The summed E-state index contributed by atoms with van der Waals surface area (Å²) >= 11 is 0. The molecular formula is C11H24N+. The Labute approximate surface area is 77.7 Å². The van der Waals surface area contributed by atoms with Crippen molar-refractivity contribution in [3.63, 3.8) is 0 Å². The van der Waals surface area contributed by atoms with Crippen molar-refractivity contribution in [2.24, 2.45) is 0 Å². The standard InChI is InChI=1S/C11H24N/c1-5-6-7-8-9-10-11-12(2,3)4/h8-9H,5-7,10-11H2,1-4H3/q+1/b9-8+. The van der Waals surface area contributed by atoms with E-state index in [-0.39, 0.29) is 0 Å². The Morgan fingerprint density at radius 1 is 1.00 bits per heavy atom. The first-order valence-corrected chi connectivity index (χ1v) is 5.01. The highest BCUT2D eigenvalue weighted by atomic mass is 15.3. The fourth-order valence-corrected chi connectivity index (χ4v) is 1.02. The molecule has 0 N–H and O–H groups in total. The maximum Gasteiger partial charge on any atom is 0.0815 e. The molecule has 0 heterocycles. The van der Waals surface area contributed by atoms with Crippen LogP contribution in [-0.2, 0) is 0 Å². The molecule has 0 bridgehead atoms. The lowest BCUT2D eigenvalue weighted by Crippen LogP contribution is -2.34. The number of quaternary nitrogens is 1. The minimum Gasteiger partial charge on any atom is -0.331 e. The summed E-state index contributed by atoms with van der Waals surface area (Å²) in [6.07, 6.45) is 9.75. The highest BCUT2D eigenvalue weighted by Crippen LogP contribution is 1.98. The maximum atomic E-state index is 2.32. The van der Waals surface area contributed by atoms with Crippen LogP contribution in [0.2, 0.25) is 0 Å². The number of hydrogen-bond donors (Lipinski definition) is 0. The van der Waals surface area contributed by atoms with E-state index in [1.54, 1.807) is 0 Å². The molecule has 0 aliphatic rings. The van der Waals surface area contributed by atoms with Gasteiger partial charge in [0.1, 0.15) is 0 Å². The summed E-state index contributed by atoms with van der Waals surface area (Å²) in [4.78, 5) is 0. The predicted octanol–water partition coefficient (Wildman–Crippen LogP) is 2.83. The van der Waals surface area contributed by atoms with Gasteiger partial charge in [-0.25, -0.2) is 0 Å². The molecule has 0 aromatic heterocycles. The van der Waals surface area contributed by atoms with Crippen LogP contribution in [0.1, 0.15) is 32.6 Å².